The second kappa shape index (κ2) is 5.66. The maximum atomic E-state index is 12.8. The van der Waals surface area contributed by atoms with Gasteiger partial charge in [0, 0.05) is 13.1 Å². The monoisotopic (exact) mass is 335 g/mol. The van der Waals surface area contributed by atoms with Gasteiger partial charge in [0.2, 0.25) is 6.79 Å². The van der Waals surface area contributed by atoms with Crippen LogP contribution in [-0.4, -0.2) is 29.4 Å². The van der Waals surface area contributed by atoms with Gasteiger partial charge in [-0.3, -0.25) is 4.31 Å². The smallest absolute Gasteiger partial charge is 0.264 e. The number of anilines is 1. The molecule has 0 atom stereocenters. The predicted octanol–water partition coefficient (Wildman–Crippen LogP) is 2.56. The topological polar surface area (TPSA) is 65.1 Å². The number of benzene rings is 2. The molecule has 1 aliphatic heterocycles. The van der Waals surface area contributed by atoms with Gasteiger partial charge in [0.05, 0.1) is 17.7 Å². The van der Waals surface area contributed by atoms with E-state index in [0.717, 1.165) is 5.56 Å². The number of rotatable bonds is 4. The number of sulfonamides is 1. The van der Waals surface area contributed by atoms with Crippen LogP contribution in [-0.2, 0) is 10.0 Å². The SMILES string of the molecule is COc1ccc(S(=O)(=O)N(C)c2ccc3c(c2)OCO3)cc1C. The fourth-order valence-corrected chi connectivity index (χ4v) is 3.66. The molecule has 2 aromatic carbocycles. The van der Waals surface area contributed by atoms with Crippen LogP contribution in [0.5, 0.6) is 17.2 Å². The molecule has 0 fully saturated rings. The molecule has 23 heavy (non-hydrogen) atoms. The first kappa shape index (κ1) is 15.5. The van der Waals surface area contributed by atoms with Crippen molar-refractivity contribution in [2.45, 2.75) is 11.8 Å². The number of ether oxygens (including phenoxy) is 3. The molecule has 0 saturated heterocycles. The summed E-state index contributed by atoms with van der Waals surface area (Å²) in [6.07, 6.45) is 0. The van der Waals surface area contributed by atoms with E-state index in [1.54, 1.807) is 44.4 Å². The minimum Gasteiger partial charge on any atom is -0.496 e. The van der Waals surface area contributed by atoms with Gasteiger partial charge in [0.25, 0.3) is 10.0 Å². The third-order valence-corrected chi connectivity index (χ3v) is 5.53. The van der Waals surface area contributed by atoms with Gasteiger partial charge in [0.1, 0.15) is 5.75 Å². The molecule has 7 heteroatoms. The van der Waals surface area contributed by atoms with Crippen LogP contribution in [0.3, 0.4) is 0 Å². The highest BCUT2D eigenvalue weighted by Gasteiger charge is 2.24. The highest BCUT2D eigenvalue weighted by Crippen LogP contribution is 2.36. The minimum absolute atomic E-state index is 0.146. The lowest BCUT2D eigenvalue weighted by molar-refractivity contribution is 0.174. The van der Waals surface area contributed by atoms with E-state index in [1.165, 1.54) is 17.4 Å². The molecule has 0 aliphatic carbocycles. The summed E-state index contributed by atoms with van der Waals surface area (Å²) in [5, 5.41) is 0. The van der Waals surface area contributed by atoms with Crippen molar-refractivity contribution in [2.24, 2.45) is 0 Å². The van der Waals surface area contributed by atoms with Gasteiger partial charge in [-0.15, -0.1) is 0 Å². The molecule has 0 radical (unpaired) electrons. The molecule has 1 aliphatic rings. The van der Waals surface area contributed by atoms with Crippen molar-refractivity contribution in [2.75, 3.05) is 25.3 Å². The number of aryl methyl sites for hydroxylation is 1. The molecule has 122 valence electrons. The molecular weight excluding hydrogens is 318 g/mol. The number of hydrogen-bond acceptors (Lipinski definition) is 5. The Morgan fingerprint density at radius 3 is 2.52 bits per heavy atom. The second-order valence-electron chi connectivity index (χ2n) is 5.14. The van der Waals surface area contributed by atoms with Crippen molar-refractivity contribution in [1.29, 1.82) is 0 Å². The van der Waals surface area contributed by atoms with Crippen LogP contribution < -0.4 is 18.5 Å². The Kier molecular flexibility index (Phi) is 3.81. The Balaban J connectivity index is 1.97. The highest BCUT2D eigenvalue weighted by atomic mass is 32.2. The quantitative estimate of drug-likeness (QED) is 0.859. The van der Waals surface area contributed by atoms with Crippen molar-refractivity contribution in [3.8, 4) is 17.2 Å². The number of fused-ring (bicyclic) bond motifs is 1. The van der Waals surface area contributed by atoms with Crippen molar-refractivity contribution in [1.82, 2.24) is 0 Å². The van der Waals surface area contributed by atoms with Crippen LogP contribution in [0.1, 0.15) is 5.56 Å². The lowest BCUT2D eigenvalue weighted by atomic mass is 10.2. The Bertz CT molecular complexity index is 848. The molecule has 0 bridgehead atoms. The average molecular weight is 335 g/mol. The van der Waals surface area contributed by atoms with Crippen LogP contribution in [0.4, 0.5) is 5.69 Å². The first-order valence-electron chi connectivity index (χ1n) is 6.96. The standard InChI is InChI=1S/C16H17NO5S/c1-11-8-13(5-7-14(11)20-3)23(18,19)17(2)12-4-6-15-16(9-12)22-10-21-15/h4-9H,10H2,1-3H3. The molecule has 3 rings (SSSR count). The van der Waals surface area contributed by atoms with Crippen LogP contribution in [0.2, 0.25) is 0 Å². The van der Waals surface area contributed by atoms with E-state index >= 15 is 0 Å². The third-order valence-electron chi connectivity index (χ3n) is 3.74. The van der Waals surface area contributed by atoms with E-state index in [-0.39, 0.29) is 11.7 Å². The van der Waals surface area contributed by atoms with Gasteiger partial charge in [-0.2, -0.15) is 0 Å². The Labute approximate surface area is 135 Å². The number of nitrogens with zero attached hydrogens (tertiary/aromatic N) is 1. The van der Waals surface area contributed by atoms with Crippen molar-refractivity contribution in [3.63, 3.8) is 0 Å². The first-order valence-corrected chi connectivity index (χ1v) is 8.40. The summed E-state index contributed by atoms with van der Waals surface area (Å²) in [7, 11) is -0.618. The van der Waals surface area contributed by atoms with Crippen molar-refractivity contribution >= 4 is 15.7 Å². The van der Waals surface area contributed by atoms with Gasteiger partial charge in [-0.25, -0.2) is 8.42 Å². The summed E-state index contributed by atoms with van der Waals surface area (Å²) >= 11 is 0. The number of hydrogen-bond donors (Lipinski definition) is 0. The fraction of sp³-hybridized carbons (Fsp3) is 0.250. The van der Waals surface area contributed by atoms with E-state index in [2.05, 4.69) is 0 Å². The molecule has 0 aromatic heterocycles. The van der Waals surface area contributed by atoms with E-state index in [1.807, 2.05) is 0 Å². The summed E-state index contributed by atoms with van der Waals surface area (Å²) < 4.78 is 42.5. The summed E-state index contributed by atoms with van der Waals surface area (Å²) in [6, 6.07) is 9.80. The molecule has 1 heterocycles. The lowest BCUT2D eigenvalue weighted by Gasteiger charge is -2.20. The lowest BCUT2D eigenvalue weighted by Crippen LogP contribution is -2.26. The summed E-state index contributed by atoms with van der Waals surface area (Å²) in [4.78, 5) is 0.205. The van der Waals surface area contributed by atoms with Gasteiger partial charge in [-0.05, 0) is 42.8 Å². The second-order valence-corrected chi connectivity index (χ2v) is 7.11. The predicted molar refractivity (Wildman–Crippen MR) is 85.9 cm³/mol. The van der Waals surface area contributed by atoms with Crippen LogP contribution >= 0.6 is 0 Å². The fourth-order valence-electron chi connectivity index (χ4n) is 2.39. The zero-order valence-electron chi connectivity index (χ0n) is 13.1. The van der Waals surface area contributed by atoms with E-state index < -0.39 is 10.0 Å². The van der Waals surface area contributed by atoms with Crippen LogP contribution in [0, 0.1) is 6.92 Å². The zero-order valence-corrected chi connectivity index (χ0v) is 13.9. The molecule has 6 nitrogen and oxygen atoms in total. The van der Waals surface area contributed by atoms with E-state index in [0.29, 0.717) is 22.9 Å². The molecule has 2 aromatic rings. The Hall–Kier alpha value is -2.41. The van der Waals surface area contributed by atoms with Crippen LogP contribution in [0.15, 0.2) is 41.3 Å². The average Bonchev–Trinajstić information content (AvgIpc) is 3.01. The van der Waals surface area contributed by atoms with E-state index in [9.17, 15) is 8.42 Å². The van der Waals surface area contributed by atoms with Crippen LogP contribution in [0.25, 0.3) is 0 Å². The molecule has 0 spiro atoms. The number of methoxy groups -OCH3 is 1. The highest BCUT2D eigenvalue weighted by molar-refractivity contribution is 7.92. The summed E-state index contributed by atoms with van der Waals surface area (Å²) in [5.74, 6) is 1.80. The molecule has 0 saturated carbocycles. The molecule has 0 unspecified atom stereocenters. The maximum Gasteiger partial charge on any atom is 0.264 e. The summed E-state index contributed by atoms with van der Waals surface area (Å²) in [5.41, 5.74) is 1.26. The molecule has 0 N–H and O–H groups in total. The van der Waals surface area contributed by atoms with Crippen molar-refractivity contribution < 1.29 is 22.6 Å². The summed E-state index contributed by atoms with van der Waals surface area (Å²) in [6.45, 7) is 1.95. The zero-order chi connectivity index (χ0) is 16.6. The maximum absolute atomic E-state index is 12.8. The molecular formula is C16H17NO5S. The van der Waals surface area contributed by atoms with Crippen molar-refractivity contribution in [3.05, 3.63) is 42.0 Å². The first-order chi connectivity index (χ1) is 10.9. The Morgan fingerprint density at radius 1 is 1.09 bits per heavy atom. The van der Waals surface area contributed by atoms with Gasteiger partial charge >= 0.3 is 0 Å². The van der Waals surface area contributed by atoms with Gasteiger partial charge in [-0.1, -0.05) is 0 Å². The largest absolute Gasteiger partial charge is 0.496 e. The van der Waals surface area contributed by atoms with Gasteiger partial charge < -0.3 is 14.2 Å². The Morgan fingerprint density at radius 2 is 1.83 bits per heavy atom. The van der Waals surface area contributed by atoms with Gasteiger partial charge in [0.15, 0.2) is 11.5 Å². The third kappa shape index (κ3) is 2.68. The van der Waals surface area contributed by atoms with E-state index in [4.69, 9.17) is 14.2 Å². The minimum atomic E-state index is -3.68. The molecule has 0 amide bonds. The normalized spacial score (nSPS) is 13.0.